The standard InChI is InChI=1S/C12H7NO3S2/c14-9-10(12(16)13-11(9)15)18-8-5-6-3-1-2-4-7(6)17-8/h1-5H,(H2,13,14,15,16). The van der Waals surface area contributed by atoms with Crippen LogP contribution < -0.4 is 5.32 Å². The Morgan fingerprint density at radius 2 is 1.94 bits per heavy atom. The fourth-order valence-electron chi connectivity index (χ4n) is 1.63. The number of benzene rings is 1. The topological polar surface area (TPSA) is 66.4 Å². The predicted octanol–water partition coefficient (Wildman–Crippen LogP) is 2.42. The van der Waals surface area contributed by atoms with Crippen LogP contribution in [0.3, 0.4) is 0 Å². The summed E-state index contributed by atoms with van der Waals surface area (Å²) in [5.74, 6) is -1.77. The first-order chi connectivity index (χ1) is 8.65. The maximum Gasteiger partial charge on any atom is 0.294 e. The molecule has 18 heavy (non-hydrogen) atoms. The van der Waals surface area contributed by atoms with E-state index in [0.29, 0.717) is 0 Å². The van der Waals surface area contributed by atoms with Gasteiger partial charge < -0.3 is 5.11 Å². The van der Waals surface area contributed by atoms with Crippen molar-refractivity contribution in [1.82, 2.24) is 5.32 Å². The SMILES string of the molecule is O=C1NC(=O)C(Sc2cc3ccccc3s2)=C1O. The highest BCUT2D eigenvalue weighted by Crippen LogP contribution is 2.38. The van der Waals surface area contributed by atoms with Gasteiger partial charge in [0, 0.05) is 4.70 Å². The summed E-state index contributed by atoms with van der Waals surface area (Å²) in [5, 5.41) is 12.6. The number of hydrogen-bond acceptors (Lipinski definition) is 5. The fourth-order valence-corrected chi connectivity index (χ4v) is 3.83. The van der Waals surface area contributed by atoms with Crippen LogP contribution in [0.5, 0.6) is 0 Å². The highest BCUT2D eigenvalue weighted by molar-refractivity contribution is 8.05. The first-order valence-corrected chi connectivity index (χ1v) is 6.74. The van der Waals surface area contributed by atoms with E-state index in [1.165, 1.54) is 11.3 Å². The van der Waals surface area contributed by atoms with Gasteiger partial charge in [-0.1, -0.05) is 30.0 Å². The van der Waals surface area contributed by atoms with Gasteiger partial charge in [-0.3, -0.25) is 14.9 Å². The van der Waals surface area contributed by atoms with Crippen LogP contribution in [0, 0.1) is 0 Å². The summed E-state index contributed by atoms with van der Waals surface area (Å²) in [5.41, 5.74) is 0. The van der Waals surface area contributed by atoms with E-state index in [0.717, 1.165) is 26.1 Å². The second-order valence-corrected chi connectivity index (χ2v) is 6.06. The smallest absolute Gasteiger partial charge is 0.294 e. The molecule has 4 nitrogen and oxygen atoms in total. The van der Waals surface area contributed by atoms with Crippen molar-refractivity contribution in [3.05, 3.63) is 41.0 Å². The lowest BCUT2D eigenvalue weighted by Gasteiger charge is -1.95. The Labute approximate surface area is 110 Å². The van der Waals surface area contributed by atoms with Gasteiger partial charge >= 0.3 is 0 Å². The van der Waals surface area contributed by atoms with Crippen molar-refractivity contribution in [1.29, 1.82) is 0 Å². The summed E-state index contributed by atoms with van der Waals surface area (Å²) in [6.45, 7) is 0. The first kappa shape index (κ1) is 11.3. The first-order valence-electron chi connectivity index (χ1n) is 5.10. The molecule has 1 aliphatic rings. The molecule has 2 heterocycles. The van der Waals surface area contributed by atoms with Crippen LogP contribution >= 0.6 is 23.1 Å². The van der Waals surface area contributed by atoms with Gasteiger partial charge in [0.1, 0.15) is 4.91 Å². The number of carbonyl (C=O) groups is 2. The minimum atomic E-state index is -0.733. The largest absolute Gasteiger partial charge is 0.502 e. The average Bonchev–Trinajstić information content (AvgIpc) is 2.86. The van der Waals surface area contributed by atoms with Crippen molar-refractivity contribution in [3.8, 4) is 0 Å². The molecule has 1 aromatic heterocycles. The van der Waals surface area contributed by atoms with Crippen LogP contribution in [0.1, 0.15) is 0 Å². The molecular weight excluding hydrogens is 270 g/mol. The van der Waals surface area contributed by atoms with E-state index >= 15 is 0 Å². The monoisotopic (exact) mass is 277 g/mol. The third-order valence-electron chi connectivity index (χ3n) is 2.47. The van der Waals surface area contributed by atoms with Gasteiger partial charge in [0.2, 0.25) is 5.76 Å². The Morgan fingerprint density at radius 1 is 1.17 bits per heavy atom. The average molecular weight is 277 g/mol. The Kier molecular flexibility index (Phi) is 2.61. The van der Waals surface area contributed by atoms with Crippen molar-refractivity contribution < 1.29 is 14.7 Å². The predicted molar refractivity (Wildman–Crippen MR) is 70.5 cm³/mol. The second-order valence-electron chi connectivity index (χ2n) is 3.67. The molecule has 1 aromatic carbocycles. The van der Waals surface area contributed by atoms with Crippen molar-refractivity contribution in [2.75, 3.05) is 0 Å². The van der Waals surface area contributed by atoms with Gasteiger partial charge in [-0.15, -0.1) is 11.3 Å². The van der Waals surface area contributed by atoms with Gasteiger partial charge in [0.05, 0.1) is 4.21 Å². The molecule has 0 spiro atoms. The third kappa shape index (κ3) is 1.79. The van der Waals surface area contributed by atoms with Crippen molar-refractivity contribution in [3.63, 3.8) is 0 Å². The van der Waals surface area contributed by atoms with Crippen molar-refractivity contribution in [2.24, 2.45) is 0 Å². The van der Waals surface area contributed by atoms with E-state index in [2.05, 4.69) is 5.32 Å². The number of imide groups is 1. The molecule has 3 rings (SSSR count). The van der Waals surface area contributed by atoms with Gasteiger partial charge in [-0.25, -0.2) is 0 Å². The van der Waals surface area contributed by atoms with E-state index in [9.17, 15) is 14.7 Å². The Balaban J connectivity index is 1.97. The Bertz CT molecular complexity index is 669. The van der Waals surface area contributed by atoms with Crippen LogP contribution in [-0.2, 0) is 9.59 Å². The molecule has 0 atom stereocenters. The number of nitrogens with one attached hydrogen (secondary N) is 1. The van der Waals surface area contributed by atoms with E-state index < -0.39 is 17.6 Å². The van der Waals surface area contributed by atoms with Crippen molar-refractivity contribution in [2.45, 2.75) is 4.21 Å². The van der Waals surface area contributed by atoms with Gasteiger partial charge in [0.15, 0.2) is 0 Å². The number of thioether (sulfide) groups is 1. The molecule has 2 aromatic rings. The molecule has 0 fully saturated rings. The second kappa shape index (κ2) is 4.15. The van der Waals surface area contributed by atoms with Crippen LogP contribution in [0.2, 0.25) is 0 Å². The molecule has 2 N–H and O–H groups in total. The maximum absolute atomic E-state index is 11.4. The quantitative estimate of drug-likeness (QED) is 0.827. The van der Waals surface area contributed by atoms with E-state index in [1.807, 2.05) is 30.3 Å². The third-order valence-corrected chi connectivity index (χ3v) is 4.78. The van der Waals surface area contributed by atoms with Crippen LogP contribution in [-0.4, -0.2) is 16.9 Å². The summed E-state index contributed by atoms with van der Waals surface area (Å²) < 4.78 is 1.97. The van der Waals surface area contributed by atoms with Crippen LogP contribution in [0.15, 0.2) is 45.2 Å². The number of fused-ring (bicyclic) bond motifs is 1. The summed E-state index contributed by atoms with van der Waals surface area (Å²) in [6.07, 6.45) is 0. The molecule has 90 valence electrons. The summed E-state index contributed by atoms with van der Waals surface area (Å²) in [4.78, 5) is 22.6. The minimum Gasteiger partial charge on any atom is -0.502 e. The molecule has 6 heteroatoms. The number of aliphatic hydroxyl groups is 1. The highest BCUT2D eigenvalue weighted by Gasteiger charge is 2.31. The van der Waals surface area contributed by atoms with Crippen molar-refractivity contribution >= 4 is 45.0 Å². The molecule has 0 bridgehead atoms. The lowest BCUT2D eigenvalue weighted by atomic mass is 10.3. The molecule has 0 radical (unpaired) electrons. The zero-order chi connectivity index (χ0) is 12.7. The summed E-state index contributed by atoms with van der Waals surface area (Å²) in [7, 11) is 0. The fraction of sp³-hybridized carbons (Fsp3) is 0. The molecule has 0 saturated heterocycles. The minimum absolute atomic E-state index is 0.0616. The lowest BCUT2D eigenvalue weighted by Crippen LogP contribution is -2.22. The number of aliphatic hydroxyl groups excluding tert-OH is 1. The lowest BCUT2D eigenvalue weighted by molar-refractivity contribution is -0.124. The van der Waals surface area contributed by atoms with E-state index in [1.54, 1.807) is 0 Å². The van der Waals surface area contributed by atoms with Gasteiger partial charge in [0.25, 0.3) is 11.8 Å². The summed E-state index contributed by atoms with van der Waals surface area (Å²) >= 11 is 2.63. The molecule has 2 amide bonds. The zero-order valence-corrected chi connectivity index (χ0v) is 10.6. The van der Waals surface area contributed by atoms with Gasteiger partial charge in [-0.2, -0.15) is 0 Å². The maximum atomic E-state index is 11.4. The van der Waals surface area contributed by atoms with E-state index in [4.69, 9.17) is 0 Å². The number of thiophene rings is 1. The molecule has 0 saturated carbocycles. The van der Waals surface area contributed by atoms with Crippen LogP contribution in [0.25, 0.3) is 10.1 Å². The summed E-state index contributed by atoms with van der Waals surface area (Å²) in [6, 6.07) is 9.77. The van der Waals surface area contributed by atoms with E-state index in [-0.39, 0.29) is 4.91 Å². The highest BCUT2D eigenvalue weighted by atomic mass is 32.2. The molecular formula is C12H7NO3S2. The normalized spacial score (nSPS) is 15.6. The molecule has 0 unspecified atom stereocenters. The number of carbonyl (C=O) groups excluding carboxylic acids is 2. The van der Waals surface area contributed by atoms with Gasteiger partial charge in [-0.05, 0) is 17.5 Å². The Hall–Kier alpha value is -1.79. The molecule has 1 aliphatic heterocycles. The molecule has 0 aliphatic carbocycles. The number of amides is 2. The number of hydrogen-bond donors (Lipinski definition) is 2. The van der Waals surface area contributed by atoms with Crippen LogP contribution in [0.4, 0.5) is 0 Å². The zero-order valence-electron chi connectivity index (χ0n) is 8.97. The number of rotatable bonds is 2. The Morgan fingerprint density at radius 3 is 2.61 bits per heavy atom.